The van der Waals surface area contributed by atoms with Crippen LogP contribution in [0.1, 0.15) is 13.3 Å². The quantitative estimate of drug-likeness (QED) is 0.584. The third-order valence-corrected chi connectivity index (χ3v) is 2.05. The maximum atomic E-state index is 11.1. The van der Waals surface area contributed by atoms with Crippen molar-refractivity contribution in [2.75, 3.05) is 0 Å². The van der Waals surface area contributed by atoms with Crippen LogP contribution in [0.15, 0.2) is 11.3 Å². The van der Waals surface area contributed by atoms with Crippen molar-refractivity contribution in [1.29, 1.82) is 5.41 Å². The minimum absolute atomic E-state index is 0.211. The number of fused-ring (bicyclic) bond motifs is 1. The molecule has 0 saturated carbocycles. The van der Waals surface area contributed by atoms with Gasteiger partial charge in [0.25, 0.3) is 0 Å². The van der Waals surface area contributed by atoms with Crippen LogP contribution in [0.4, 0.5) is 0 Å². The molecule has 1 atom stereocenters. The van der Waals surface area contributed by atoms with Gasteiger partial charge >= 0.3 is 11.9 Å². The molecule has 2 heterocycles. The van der Waals surface area contributed by atoms with Crippen molar-refractivity contribution in [2.45, 2.75) is 19.4 Å². The van der Waals surface area contributed by atoms with E-state index in [1.165, 1.54) is 0 Å². The molecule has 2 rings (SSSR count). The van der Waals surface area contributed by atoms with Crippen molar-refractivity contribution >= 4 is 17.7 Å². The maximum Gasteiger partial charge on any atom is 0.361 e. The molecule has 0 bridgehead atoms. The van der Waals surface area contributed by atoms with E-state index in [1.54, 1.807) is 6.92 Å². The fourth-order valence-corrected chi connectivity index (χ4v) is 1.38. The summed E-state index contributed by atoms with van der Waals surface area (Å²) in [6, 6.07) is 0. The Morgan fingerprint density at radius 3 is 2.69 bits per heavy atom. The molecule has 68 valence electrons. The first kappa shape index (κ1) is 7.97. The van der Waals surface area contributed by atoms with Crippen molar-refractivity contribution in [3.05, 3.63) is 11.3 Å². The predicted octanol–water partition coefficient (Wildman–Crippen LogP) is 0.152. The van der Waals surface area contributed by atoms with Gasteiger partial charge in [-0.15, -0.1) is 0 Å². The van der Waals surface area contributed by atoms with Crippen molar-refractivity contribution in [3.63, 3.8) is 0 Å². The normalized spacial score (nSPS) is 26.2. The number of rotatable bonds is 1. The zero-order valence-electron chi connectivity index (χ0n) is 6.92. The minimum atomic E-state index is -0.880. The monoisotopic (exact) mass is 181 g/mol. The average Bonchev–Trinajstić information content (AvgIpc) is 2.52. The van der Waals surface area contributed by atoms with E-state index in [-0.39, 0.29) is 11.5 Å². The van der Waals surface area contributed by atoms with Crippen LogP contribution >= 0.6 is 0 Å². The lowest BCUT2D eigenvalue weighted by atomic mass is 10.1. The van der Waals surface area contributed by atoms with E-state index < -0.39 is 18.0 Å². The lowest BCUT2D eigenvalue weighted by molar-refractivity contribution is -0.137. The highest BCUT2D eigenvalue weighted by Crippen LogP contribution is 2.31. The first-order chi connectivity index (χ1) is 6.15. The van der Waals surface area contributed by atoms with Crippen LogP contribution < -0.4 is 0 Å². The van der Waals surface area contributed by atoms with Crippen molar-refractivity contribution in [3.8, 4) is 0 Å². The smallest absolute Gasteiger partial charge is 0.361 e. The van der Waals surface area contributed by atoms with Crippen LogP contribution in [0.25, 0.3) is 0 Å². The summed E-state index contributed by atoms with van der Waals surface area (Å²) >= 11 is 0. The molecule has 0 radical (unpaired) electrons. The summed E-state index contributed by atoms with van der Waals surface area (Å²) in [7, 11) is 0. The van der Waals surface area contributed by atoms with E-state index in [1.807, 2.05) is 0 Å². The summed E-state index contributed by atoms with van der Waals surface area (Å²) in [5, 5.41) is 7.25. The molecule has 1 unspecified atom stereocenters. The Hall–Kier alpha value is -1.65. The minimum Gasteiger partial charge on any atom is -0.444 e. The number of nitrogens with one attached hydrogen (secondary N) is 1. The van der Waals surface area contributed by atoms with Gasteiger partial charge < -0.3 is 9.47 Å². The molecule has 0 aromatic carbocycles. The fraction of sp³-hybridized carbons (Fsp3) is 0.375. The van der Waals surface area contributed by atoms with Crippen LogP contribution in [-0.4, -0.2) is 23.8 Å². The standard InChI is InChI=1S/C8H7NO4/c1-2-3-5-6(13-7(3)10)4(9)8(11)12-5/h6,9H,2H2,1H3. The van der Waals surface area contributed by atoms with Crippen LogP contribution in [0.2, 0.25) is 0 Å². The van der Waals surface area contributed by atoms with Crippen molar-refractivity contribution in [1.82, 2.24) is 0 Å². The summed E-state index contributed by atoms with van der Waals surface area (Å²) in [6.07, 6.45) is -0.430. The topological polar surface area (TPSA) is 76.5 Å². The highest BCUT2D eigenvalue weighted by Gasteiger charge is 2.47. The second kappa shape index (κ2) is 2.42. The summed E-state index contributed by atoms with van der Waals surface area (Å²) < 4.78 is 9.53. The first-order valence-electron chi connectivity index (χ1n) is 3.89. The second-order valence-corrected chi connectivity index (χ2v) is 2.78. The van der Waals surface area contributed by atoms with E-state index in [0.717, 1.165) is 0 Å². The highest BCUT2D eigenvalue weighted by molar-refractivity contribution is 6.41. The molecule has 1 saturated heterocycles. The molecule has 0 amide bonds. The molecule has 5 heteroatoms. The molecular formula is C8H7NO4. The molecule has 1 fully saturated rings. The molecule has 5 nitrogen and oxygen atoms in total. The van der Waals surface area contributed by atoms with Gasteiger partial charge in [0.15, 0.2) is 11.5 Å². The third kappa shape index (κ3) is 0.898. The molecule has 13 heavy (non-hydrogen) atoms. The molecule has 0 aliphatic carbocycles. The Morgan fingerprint density at radius 2 is 2.08 bits per heavy atom. The summed E-state index contributed by atoms with van der Waals surface area (Å²) in [5.74, 6) is -0.999. The number of carbonyl (C=O) groups excluding carboxylic acids is 2. The molecule has 0 spiro atoms. The van der Waals surface area contributed by atoms with Gasteiger partial charge in [0.1, 0.15) is 0 Å². The average molecular weight is 181 g/mol. The molecule has 1 N–H and O–H groups in total. The van der Waals surface area contributed by atoms with Gasteiger partial charge in [0, 0.05) is 0 Å². The number of carbonyl (C=O) groups is 2. The summed E-state index contributed by atoms with van der Waals surface area (Å²) in [4.78, 5) is 22.0. The van der Waals surface area contributed by atoms with Gasteiger partial charge in [0.2, 0.25) is 6.10 Å². The van der Waals surface area contributed by atoms with Gasteiger partial charge in [-0.2, -0.15) is 0 Å². The second-order valence-electron chi connectivity index (χ2n) is 2.78. The fourth-order valence-electron chi connectivity index (χ4n) is 1.38. The molecule has 2 aliphatic heterocycles. The Labute approximate surface area is 73.8 Å². The van der Waals surface area contributed by atoms with Gasteiger partial charge in [-0.3, -0.25) is 5.41 Å². The Balaban J connectivity index is 2.46. The third-order valence-electron chi connectivity index (χ3n) is 2.05. The first-order valence-corrected chi connectivity index (χ1v) is 3.89. The maximum absolute atomic E-state index is 11.1. The lowest BCUT2D eigenvalue weighted by Crippen LogP contribution is -2.21. The SMILES string of the molecule is CCC1=C2OC(=O)C(=N)C2OC1=O. The van der Waals surface area contributed by atoms with Crippen LogP contribution in [0.3, 0.4) is 0 Å². The summed E-state index contributed by atoms with van der Waals surface area (Å²) in [5.41, 5.74) is 0.0624. The van der Waals surface area contributed by atoms with Gasteiger partial charge in [-0.1, -0.05) is 6.92 Å². The van der Waals surface area contributed by atoms with Crippen LogP contribution in [0.5, 0.6) is 0 Å². The Morgan fingerprint density at radius 1 is 1.38 bits per heavy atom. The number of hydrogen-bond acceptors (Lipinski definition) is 5. The number of hydrogen-bond donors (Lipinski definition) is 1. The van der Waals surface area contributed by atoms with Crippen molar-refractivity contribution in [2.24, 2.45) is 0 Å². The highest BCUT2D eigenvalue weighted by atomic mass is 16.6. The van der Waals surface area contributed by atoms with Crippen molar-refractivity contribution < 1.29 is 19.1 Å². The van der Waals surface area contributed by atoms with Crippen LogP contribution in [0, 0.1) is 5.41 Å². The largest absolute Gasteiger partial charge is 0.444 e. The zero-order valence-corrected chi connectivity index (χ0v) is 6.92. The Kier molecular flexibility index (Phi) is 1.48. The molecule has 0 aromatic heterocycles. The van der Waals surface area contributed by atoms with Gasteiger partial charge in [-0.25, -0.2) is 9.59 Å². The van der Waals surface area contributed by atoms with E-state index in [4.69, 9.17) is 14.9 Å². The van der Waals surface area contributed by atoms with E-state index in [9.17, 15) is 9.59 Å². The predicted molar refractivity (Wildman–Crippen MR) is 41.0 cm³/mol. The molecule has 2 aliphatic rings. The van der Waals surface area contributed by atoms with E-state index in [2.05, 4.69) is 0 Å². The number of esters is 2. The molecular weight excluding hydrogens is 174 g/mol. The molecule has 0 aromatic rings. The summed E-state index contributed by atoms with van der Waals surface area (Å²) in [6.45, 7) is 1.77. The van der Waals surface area contributed by atoms with E-state index in [0.29, 0.717) is 12.0 Å². The van der Waals surface area contributed by atoms with E-state index >= 15 is 0 Å². The Bertz CT molecular complexity index is 355. The van der Waals surface area contributed by atoms with Crippen LogP contribution in [-0.2, 0) is 19.1 Å². The van der Waals surface area contributed by atoms with Gasteiger partial charge in [0.05, 0.1) is 5.57 Å². The lowest BCUT2D eigenvalue weighted by Gasteiger charge is -1.98. The zero-order chi connectivity index (χ0) is 9.59. The van der Waals surface area contributed by atoms with Gasteiger partial charge in [-0.05, 0) is 6.42 Å². The number of ether oxygens (including phenoxy) is 2.